The zero-order valence-corrected chi connectivity index (χ0v) is 4.50. The van der Waals surface area contributed by atoms with E-state index in [2.05, 4.69) is 0 Å². The molecule has 0 aliphatic carbocycles. The minimum Gasteiger partial charge on any atom is -0.301 e. The molecule has 0 aromatic carbocycles. The Bertz CT molecular complexity index is 38.5. The van der Waals surface area contributed by atoms with Crippen molar-refractivity contribution in [2.24, 2.45) is 11.5 Å². The van der Waals surface area contributed by atoms with E-state index in [1.807, 2.05) is 6.92 Å². The van der Waals surface area contributed by atoms with Gasteiger partial charge in [0.1, 0.15) is 5.12 Å². The van der Waals surface area contributed by atoms with E-state index < -0.39 is 5.12 Å². The normalized spacial score (nSPS) is 12.0. The number of nitrogens with two attached hydrogens (primary N) is 2. The molecule has 4 N–H and O–H groups in total. The Hall–Kier alpha value is 0.210. The van der Waals surface area contributed by atoms with Gasteiger partial charge in [-0.2, -0.15) is 0 Å². The second-order valence-electron chi connectivity index (χ2n) is 1.28. The van der Waals surface area contributed by atoms with Gasteiger partial charge in [0.2, 0.25) is 0 Å². The van der Waals surface area contributed by atoms with Gasteiger partial charge < -0.3 is 11.5 Å². The first kappa shape index (κ1) is 6.21. The van der Waals surface area contributed by atoms with Gasteiger partial charge in [-0.25, -0.2) is 0 Å². The molecule has 0 fully saturated rings. The Morgan fingerprint density at radius 2 is 1.83 bits per heavy atom. The molecule has 0 radical (unpaired) electrons. The molecule has 38 valence electrons. The van der Waals surface area contributed by atoms with Crippen LogP contribution in [-0.4, -0.2) is 5.12 Å². The van der Waals surface area contributed by atoms with E-state index in [9.17, 15) is 0 Å². The summed E-state index contributed by atoms with van der Waals surface area (Å²) in [7, 11) is 0. The molecule has 0 saturated carbocycles. The van der Waals surface area contributed by atoms with E-state index in [-0.39, 0.29) is 0 Å². The third kappa shape index (κ3) is 4.21. The van der Waals surface area contributed by atoms with E-state index >= 15 is 0 Å². The molecule has 6 heavy (non-hydrogen) atoms. The van der Waals surface area contributed by atoms with Crippen LogP contribution in [0.5, 0.6) is 0 Å². The Morgan fingerprint density at radius 3 is 1.83 bits per heavy atom. The topological polar surface area (TPSA) is 52.0 Å². The Labute approximate surface area is 42.5 Å². The lowest BCUT2D eigenvalue weighted by atomic mass is 10.4. The fourth-order valence-electron chi connectivity index (χ4n) is 0. The van der Waals surface area contributed by atoms with Crippen molar-refractivity contribution >= 4 is 11.6 Å². The molecular weight excluding hydrogens is 99.5 g/mol. The van der Waals surface area contributed by atoms with Gasteiger partial charge in [0.25, 0.3) is 0 Å². The van der Waals surface area contributed by atoms with Crippen LogP contribution in [0.15, 0.2) is 0 Å². The Kier molecular flexibility index (Phi) is 1.84. The smallest absolute Gasteiger partial charge is 0.141 e. The first-order chi connectivity index (χ1) is 2.56. The van der Waals surface area contributed by atoms with Crippen LogP contribution in [0.2, 0.25) is 0 Å². The van der Waals surface area contributed by atoms with Crippen LogP contribution in [-0.2, 0) is 0 Å². The fraction of sp³-hybridized carbons (Fsp3) is 1.00. The maximum atomic E-state index is 5.27. The van der Waals surface area contributed by atoms with Gasteiger partial charge in [-0.05, 0) is 6.42 Å². The van der Waals surface area contributed by atoms with Crippen LogP contribution in [0.25, 0.3) is 0 Å². The first-order valence-corrected chi connectivity index (χ1v) is 2.20. The highest BCUT2D eigenvalue weighted by Gasteiger charge is 2.07. The summed E-state index contributed by atoms with van der Waals surface area (Å²) in [4.78, 5) is 0. The van der Waals surface area contributed by atoms with Gasteiger partial charge in [0, 0.05) is 0 Å². The number of hydrogen-bond donors (Lipinski definition) is 2. The average molecular weight is 109 g/mol. The summed E-state index contributed by atoms with van der Waals surface area (Å²) in [6.45, 7) is 1.83. The van der Waals surface area contributed by atoms with Gasteiger partial charge in [0.05, 0.1) is 0 Å². The zero-order chi connectivity index (χ0) is 5.21. The highest BCUT2D eigenvalue weighted by Crippen LogP contribution is 1.99. The van der Waals surface area contributed by atoms with Crippen molar-refractivity contribution in [3.63, 3.8) is 0 Å². The second-order valence-corrected chi connectivity index (χ2v) is 1.98. The quantitative estimate of drug-likeness (QED) is 0.287. The van der Waals surface area contributed by atoms with Crippen molar-refractivity contribution in [3.8, 4) is 0 Å². The summed E-state index contributed by atoms with van der Waals surface area (Å²) in [5, 5.41) is -0.986. The molecule has 0 aliphatic heterocycles. The van der Waals surface area contributed by atoms with Crippen molar-refractivity contribution in [1.29, 1.82) is 0 Å². The highest BCUT2D eigenvalue weighted by molar-refractivity contribution is 6.22. The first-order valence-electron chi connectivity index (χ1n) is 1.83. The lowest BCUT2D eigenvalue weighted by molar-refractivity contribution is 0.606. The average Bonchev–Trinajstić information content (AvgIpc) is 1.35. The van der Waals surface area contributed by atoms with Crippen LogP contribution in [0.4, 0.5) is 0 Å². The molecule has 0 unspecified atom stereocenters. The number of alkyl halides is 1. The Morgan fingerprint density at radius 1 is 1.67 bits per heavy atom. The largest absolute Gasteiger partial charge is 0.301 e. The van der Waals surface area contributed by atoms with Crippen LogP contribution < -0.4 is 11.5 Å². The molecule has 0 atom stereocenters. The summed E-state index contributed by atoms with van der Waals surface area (Å²) < 4.78 is 0. The summed E-state index contributed by atoms with van der Waals surface area (Å²) in [6, 6.07) is 0. The van der Waals surface area contributed by atoms with Crippen LogP contribution in [0.1, 0.15) is 13.3 Å². The van der Waals surface area contributed by atoms with Crippen LogP contribution in [0, 0.1) is 0 Å². The van der Waals surface area contributed by atoms with Gasteiger partial charge in [-0.3, -0.25) is 0 Å². The second kappa shape index (κ2) is 1.78. The maximum Gasteiger partial charge on any atom is 0.141 e. The minimum absolute atomic E-state index is 0.592. The standard InChI is InChI=1S/C3H9ClN2/c1-2-3(4,5)6/h2,5-6H2,1H3. The van der Waals surface area contributed by atoms with E-state index in [0.29, 0.717) is 6.42 Å². The van der Waals surface area contributed by atoms with Gasteiger partial charge in [0.15, 0.2) is 0 Å². The number of rotatable bonds is 1. The molecule has 0 heterocycles. The van der Waals surface area contributed by atoms with Crippen molar-refractivity contribution in [2.45, 2.75) is 18.5 Å². The predicted octanol–water partition coefficient (Wildman–Crippen LogP) is 0.206. The van der Waals surface area contributed by atoms with Crippen molar-refractivity contribution < 1.29 is 0 Å². The van der Waals surface area contributed by atoms with E-state index in [0.717, 1.165) is 0 Å². The molecular formula is C3H9ClN2. The molecule has 0 spiro atoms. The summed E-state index contributed by atoms with van der Waals surface area (Å²) >= 11 is 5.27. The molecule has 0 amide bonds. The SMILES string of the molecule is CCC(N)(N)Cl. The molecule has 0 bridgehead atoms. The van der Waals surface area contributed by atoms with E-state index in [4.69, 9.17) is 23.1 Å². The molecule has 2 nitrogen and oxygen atoms in total. The lowest BCUT2D eigenvalue weighted by Crippen LogP contribution is -2.42. The monoisotopic (exact) mass is 108 g/mol. The lowest BCUT2D eigenvalue weighted by Gasteiger charge is -2.10. The van der Waals surface area contributed by atoms with Gasteiger partial charge in [-0.15, -0.1) is 0 Å². The number of hydrogen-bond acceptors (Lipinski definition) is 2. The summed E-state index contributed by atoms with van der Waals surface area (Å²) in [6.07, 6.45) is 0.592. The third-order valence-electron chi connectivity index (χ3n) is 0.542. The predicted molar refractivity (Wildman–Crippen MR) is 27.2 cm³/mol. The summed E-state index contributed by atoms with van der Waals surface area (Å²) in [5.74, 6) is 0. The molecule has 0 aliphatic rings. The zero-order valence-electron chi connectivity index (χ0n) is 3.74. The highest BCUT2D eigenvalue weighted by atomic mass is 35.5. The molecule has 0 aromatic rings. The van der Waals surface area contributed by atoms with Gasteiger partial charge >= 0.3 is 0 Å². The van der Waals surface area contributed by atoms with Crippen molar-refractivity contribution in [1.82, 2.24) is 0 Å². The fourth-order valence-corrected chi connectivity index (χ4v) is 0. The molecule has 0 aromatic heterocycles. The van der Waals surface area contributed by atoms with Gasteiger partial charge in [-0.1, -0.05) is 18.5 Å². The molecule has 3 heteroatoms. The maximum absolute atomic E-state index is 5.27. The van der Waals surface area contributed by atoms with E-state index in [1.54, 1.807) is 0 Å². The molecule has 0 rings (SSSR count). The number of halogens is 1. The third-order valence-corrected chi connectivity index (χ3v) is 0.809. The minimum atomic E-state index is -0.986. The van der Waals surface area contributed by atoms with Crippen LogP contribution >= 0.6 is 11.6 Å². The van der Waals surface area contributed by atoms with Crippen LogP contribution in [0.3, 0.4) is 0 Å². The molecule has 0 saturated heterocycles. The van der Waals surface area contributed by atoms with E-state index in [1.165, 1.54) is 0 Å². The van der Waals surface area contributed by atoms with Crippen molar-refractivity contribution in [2.75, 3.05) is 0 Å². The Balaban J connectivity index is 3.17. The van der Waals surface area contributed by atoms with Crippen molar-refractivity contribution in [3.05, 3.63) is 0 Å². The summed E-state index contributed by atoms with van der Waals surface area (Å²) in [5.41, 5.74) is 10.2.